The van der Waals surface area contributed by atoms with Crippen LogP contribution >= 0.6 is 0 Å². The topological polar surface area (TPSA) is 60.0 Å². The normalized spacial score (nSPS) is 11.3. The van der Waals surface area contributed by atoms with Crippen molar-refractivity contribution in [1.82, 2.24) is 5.32 Å². The molecule has 5 heteroatoms. The zero-order valence-electron chi connectivity index (χ0n) is 11.1. The van der Waals surface area contributed by atoms with Crippen LogP contribution in [-0.2, 0) is 14.2 Å². The molecule has 0 saturated heterocycles. The van der Waals surface area contributed by atoms with Crippen molar-refractivity contribution >= 4 is 0 Å². The predicted molar refractivity (Wildman–Crippen MR) is 67.0 cm³/mol. The number of nitrogens with one attached hydrogen (secondary N) is 1. The maximum Gasteiger partial charge on any atom is 0.158 e. The lowest BCUT2D eigenvalue weighted by molar-refractivity contribution is -0.138. The summed E-state index contributed by atoms with van der Waals surface area (Å²) in [4.78, 5) is 0. The summed E-state index contributed by atoms with van der Waals surface area (Å²) in [6, 6.07) is 0. The fraction of sp³-hybridized carbons (Fsp3) is 1.00. The molecule has 17 heavy (non-hydrogen) atoms. The van der Waals surface area contributed by atoms with Gasteiger partial charge in [-0.2, -0.15) is 0 Å². The molecule has 0 bridgehead atoms. The molecule has 0 heterocycles. The third-order valence-electron chi connectivity index (χ3n) is 2.14. The minimum absolute atomic E-state index is 0.0943. The molecule has 2 N–H and O–H groups in total. The summed E-state index contributed by atoms with van der Waals surface area (Å²) in [5.41, 5.74) is 0. The lowest BCUT2D eigenvalue weighted by Gasteiger charge is -2.16. The van der Waals surface area contributed by atoms with Crippen molar-refractivity contribution in [3.63, 3.8) is 0 Å². The Hall–Kier alpha value is -0.200. The average Bonchev–Trinajstić information content (AvgIpc) is 2.33. The highest BCUT2D eigenvalue weighted by Gasteiger charge is 2.06. The molecule has 0 aliphatic rings. The van der Waals surface area contributed by atoms with Crippen LogP contribution in [-0.4, -0.2) is 57.5 Å². The van der Waals surface area contributed by atoms with Crippen LogP contribution in [0.25, 0.3) is 0 Å². The van der Waals surface area contributed by atoms with E-state index in [2.05, 4.69) is 5.32 Å². The van der Waals surface area contributed by atoms with Crippen LogP contribution in [0, 0.1) is 0 Å². The summed E-state index contributed by atoms with van der Waals surface area (Å²) < 4.78 is 16.0. The van der Waals surface area contributed by atoms with Gasteiger partial charge in [-0.3, -0.25) is 0 Å². The van der Waals surface area contributed by atoms with Gasteiger partial charge < -0.3 is 24.6 Å². The van der Waals surface area contributed by atoms with E-state index in [-0.39, 0.29) is 12.9 Å². The van der Waals surface area contributed by atoms with Crippen LogP contribution in [0.2, 0.25) is 0 Å². The highest BCUT2D eigenvalue weighted by molar-refractivity contribution is 4.52. The Morgan fingerprint density at radius 1 is 1.06 bits per heavy atom. The molecule has 104 valence electrons. The summed E-state index contributed by atoms with van der Waals surface area (Å²) in [5, 5.41) is 11.8. The van der Waals surface area contributed by atoms with Gasteiger partial charge in [-0.15, -0.1) is 0 Å². The zero-order valence-corrected chi connectivity index (χ0v) is 11.1. The molecule has 0 amide bonds. The summed E-state index contributed by atoms with van der Waals surface area (Å²) in [6.07, 6.45) is 1.72. The van der Waals surface area contributed by atoms with Gasteiger partial charge in [0.05, 0.1) is 13.2 Å². The monoisotopic (exact) mass is 249 g/mol. The average molecular weight is 249 g/mol. The number of hydrogen-bond donors (Lipinski definition) is 2. The van der Waals surface area contributed by atoms with E-state index in [9.17, 15) is 0 Å². The van der Waals surface area contributed by atoms with E-state index >= 15 is 0 Å². The second-order valence-electron chi connectivity index (χ2n) is 3.57. The van der Waals surface area contributed by atoms with Crippen molar-refractivity contribution in [1.29, 1.82) is 0 Å². The van der Waals surface area contributed by atoms with Crippen LogP contribution in [0.4, 0.5) is 0 Å². The fourth-order valence-electron chi connectivity index (χ4n) is 1.40. The SMILES string of the molecule is CCOC(CCNCCCOCCO)OCC. The first-order valence-corrected chi connectivity index (χ1v) is 6.47. The third kappa shape index (κ3) is 12.1. The van der Waals surface area contributed by atoms with E-state index < -0.39 is 0 Å². The quantitative estimate of drug-likeness (QED) is 0.373. The van der Waals surface area contributed by atoms with Gasteiger partial charge in [-0.1, -0.05) is 0 Å². The Morgan fingerprint density at radius 2 is 1.76 bits per heavy atom. The van der Waals surface area contributed by atoms with Crippen molar-refractivity contribution < 1.29 is 19.3 Å². The molecule has 0 unspecified atom stereocenters. The molecule has 0 spiro atoms. The molecule has 0 aromatic carbocycles. The molecule has 0 aromatic heterocycles. The maximum atomic E-state index is 8.50. The van der Waals surface area contributed by atoms with Crippen molar-refractivity contribution in [2.24, 2.45) is 0 Å². The van der Waals surface area contributed by atoms with Crippen LogP contribution < -0.4 is 5.32 Å². The van der Waals surface area contributed by atoms with Gasteiger partial charge in [0.15, 0.2) is 6.29 Å². The summed E-state index contributed by atoms with van der Waals surface area (Å²) >= 11 is 0. The molecular weight excluding hydrogens is 222 g/mol. The van der Waals surface area contributed by atoms with Gasteiger partial charge in [0.2, 0.25) is 0 Å². The smallest absolute Gasteiger partial charge is 0.158 e. The first kappa shape index (κ1) is 16.8. The number of aliphatic hydroxyl groups is 1. The highest BCUT2D eigenvalue weighted by atomic mass is 16.7. The van der Waals surface area contributed by atoms with Gasteiger partial charge in [-0.25, -0.2) is 0 Å². The molecule has 0 aliphatic heterocycles. The maximum absolute atomic E-state index is 8.50. The van der Waals surface area contributed by atoms with E-state index in [1.165, 1.54) is 0 Å². The van der Waals surface area contributed by atoms with Crippen molar-refractivity contribution in [3.05, 3.63) is 0 Å². The largest absolute Gasteiger partial charge is 0.394 e. The summed E-state index contributed by atoms with van der Waals surface area (Å²) in [5.74, 6) is 0. The second kappa shape index (κ2) is 13.9. The molecule has 0 aromatic rings. The van der Waals surface area contributed by atoms with E-state index in [1.807, 2.05) is 13.8 Å². The van der Waals surface area contributed by atoms with E-state index in [0.29, 0.717) is 26.4 Å². The predicted octanol–water partition coefficient (Wildman–Crippen LogP) is 0.764. The molecule has 0 rings (SSSR count). The van der Waals surface area contributed by atoms with Crippen molar-refractivity contribution in [3.8, 4) is 0 Å². The number of aliphatic hydroxyl groups excluding tert-OH is 1. The lowest BCUT2D eigenvalue weighted by atomic mass is 10.4. The van der Waals surface area contributed by atoms with Crippen LogP contribution in [0.15, 0.2) is 0 Å². The standard InChI is InChI=1S/C12H27NO4/c1-3-16-12(17-4-2)6-8-13-7-5-10-15-11-9-14/h12-14H,3-11H2,1-2H3. The Morgan fingerprint density at radius 3 is 2.35 bits per heavy atom. The summed E-state index contributed by atoms with van der Waals surface area (Å²) in [6.45, 7) is 8.30. The van der Waals surface area contributed by atoms with E-state index in [4.69, 9.17) is 19.3 Å². The van der Waals surface area contributed by atoms with Gasteiger partial charge >= 0.3 is 0 Å². The molecule has 0 aliphatic carbocycles. The molecule has 5 nitrogen and oxygen atoms in total. The first-order valence-electron chi connectivity index (χ1n) is 6.47. The molecule has 0 saturated carbocycles. The lowest BCUT2D eigenvalue weighted by Crippen LogP contribution is -2.26. The van der Waals surface area contributed by atoms with Crippen molar-refractivity contribution in [2.75, 3.05) is 46.1 Å². The fourth-order valence-corrected chi connectivity index (χ4v) is 1.40. The van der Waals surface area contributed by atoms with Crippen LogP contribution in [0.3, 0.4) is 0 Å². The molecule has 0 radical (unpaired) electrons. The Kier molecular flexibility index (Phi) is 13.7. The zero-order chi connectivity index (χ0) is 12.8. The second-order valence-corrected chi connectivity index (χ2v) is 3.57. The van der Waals surface area contributed by atoms with Crippen molar-refractivity contribution in [2.45, 2.75) is 33.0 Å². The van der Waals surface area contributed by atoms with Crippen LogP contribution in [0.5, 0.6) is 0 Å². The van der Waals surface area contributed by atoms with Gasteiger partial charge in [0, 0.05) is 26.2 Å². The molecule has 0 atom stereocenters. The summed E-state index contributed by atoms with van der Waals surface area (Å²) in [7, 11) is 0. The Balaban J connectivity index is 3.23. The van der Waals surface area contributed by atoms with Gasteiger partial charge in [0.25, 0.3) is 0 Å². The Bertz CT molecular complexity index is 140. The minimum atomic E-state index is -0.0943. The third-order valence-corrected chi connectivity index (χ3v) is 2.14. The number of hydrogen-bond acceptors (Lipinski definition) is 5. The highest BCUT2D eigenvalue weighted by Crippen LogP contribution is 1.99. The molecular formula is C12H27NO4. The van der Waals surface area contributed by atoms with E-state index in [1.54, 1.807) is 0 Å². The number of rotatable bonds is 13. The van der Waals surface area contributed by atoms with E-state index in [0.717, 1.165) is 25.9 Å². The molecule has 0 fully saturated rings. The first-order chi connectivity index (χ1) is 8.35. The Labute approximate surface area is 104 Å². The number of ether oxygens (including phenoxy) is 3. The van der Waals surface area contributed by atoms with Crippen LogP contribution in [0.1, 0.15) is 26.7 Å². The minimum Gasteiger partial charge on any atom is -0.394 e. The van der Waals surface area contributed by atoms with Gasteiger partial charge in [0.1, 0.15) is 0 Å². The van der Waals surface area contributed by atoms with Gasteiger partial charge in [-0.05, 0) is 33.4 Å².